The highest BCUT2D eigenvalue weighted by Crippen LogP contribution is 2.23. The number of terminal acetylenes is 1. The van der Waals surface area contributed by atoms with Gasteiger partial charge in [-0.15, -0.1) is 12.3 Å². The van der Waals surface area contributed by atoms with E-state index in [4.69, 9.17) is 11.2 Å². The van der Waals surface area contributed by atoms with Crippen molar-refractivity contribution in [3.63, 3.8) is 0 Å². The van der Waals surface area contributed by atoms with Gasteiger partial charge >= 0.3 is 0 Å². The molecular formula is C10H8FIO. The van der Waals surface area contributed by atoms with Crippen LogP contribution < -0.4 is 4.74 Å². The van der Waals surface area contributed by atoms with Crippen molar-refractivity contribution < 1.29 is 9.13 Å². The standard InChI is InChI=1S/C10H8FIO/c1-2-3-7-13-9-6-4-5-8(11)10(9)12/h1,4-6H,3,7H2. The molecule has 1 nitrogen and oxygen atoms in total. The van der Waals surface area contributed by atoms with Crippen LogP contribution in [-0.2, 0) is 0 Å². The van der Waals surface area contributed by atoms with Crippen molar-refractivity contribution in [2.45, 2.75) is 6.42 Å². The molecule has 0 aliphatic carbocycles. The van der Waals surface area contributed by atoms with Crippen molar-refractivity contribution in [1.82, 2.24) is 0 Å². The Bertz CT molecular complexity index is 330. The molecule has 0 saturated heterocycles. The Labute approximate surface area is 90.4 Å². The lowest BCUT2D eigenvalue weighted by Crippen LogP contribution is -1.98. The van der Waals surface area contributed by atoms with Crippen LogP contribution in [0.25, 0.3) is 0 Å². The lowest BCUT2D eigenvalue weighted by Gasteiger charge is -2.06. The summed E-state index contributed by atoms with van der Waals surface area (Å²) >= 11 is 1.91. The van der Waals surface area contributed by atoms with Crippen molar-refractivity contribution in [3.8, 4) is 18.1 Å². The van der Waals surface area contributed by atoms with Crippen LogP contribution >= 0.6 is 22.6 Å². The number of benzene rings is 1. The molecule has 0 amide bonds. The predicted molar refractivity (Wildman–Crippen MR) is 58.1 cm³/mol. The fraction of sp³-hybridized carbons (Fsp3) is 0.200. The van der Waals surface area contributed by atoms with Gasteiger partial charge in [0, 0.05) is 6.42 Å². The van der Waals surface area contributed by atoms with Gasteiger partial charge in [-0.05, 0) is 34.7 Å². The summed E-state index contributed by atoms with van der Waals surface area (Å²) in [5.74, 6) is 2.74. The number of hydrogen-bond donors (Lipinski definition) is 0. The van der Waals surface area contributed by atoms with Crippen LogP contribution in [-0.4, -0.2) is 6.61 Å². The third-order valence-electron chi connectivity index (χ3n) is 1.42. The molecule has 0 spiro atoms. The average molecular weight is 290 g/mol. The second-order valence-corrected chi connectivity index (χ2v) is 3.43. The highest BCUT2D eigenvalue weighted by Gasteiger charge is 2.04. The van der Waals surface area contributed by atoms with E-state index in [2.05, 4.69) is 5.92 Å². The second-order valence-electron chi connectivity index (χ2n) is 2.35. The molecule has 1 rings (SSSR count). The van der Waals surface area contributed by atoms with Gasteiger partial charge in [-0.1, -0.05) is 6.07 Å². The minimum atomic E-state index is -0.265. The molecule has 68 valence electrons. The third-order valence-corrected chi connectivity index (χ3v) is 2.47. The topological polar surface area (TPSA) is 9.23 Å². The Morgan fingerprint density at radius 2 is 2.31 bits per heavy atom. The highest BCUT2D eigenvalue weighted by atomic mass is 127. The summed E-state index contributed by atoms with van der Waals surface area (Å²) in [6.07, 6.45) is 5.59. The molecule has 0 radical (unpaired) electrons. The lowest BCUT2D eigenvalue weighted by molar-refractivity contribution is 0.322. The van der Waals surface area contributed by atoms with E-state index in [0.29, 0.717) is 22.3 Å². The molecule has 0 aromatic heterocycles. The monoisotopic (exact) mass is 290 g/mol. The highest BCUT2D eigenvalue weighted by molar-refractivity contribution is 14.1. The summed E-state index contributed by atoms with van der Waals surface area (Å²) < 4.78 is 18.7. The number of halogens is 2. The van der Waals surface area contributed by atoms with Gasteiger partial charge in [-0.3, -0.25) is 0 Å². The quantitative estimate of drug-likeness (QED) is 0.472. The molecule has 3 heteroatoms. The third kappa shape index (κ3) is 2.88. The van der Waals surface area contributed by atoms with Gasteiger partial charge in [-0.2, -0.15) is 0 Å². The van der Waals surface area contributed by atoms with E-state index in [1.807, 2.05) is 22.6 Å². The maximum absolute atomic E-state index is 13.0. The maximum atomic E-state index is 13.0. The average Bonchev–Trinajstić information content (AvgIpc) is 2.13. The SMILES string of the molecule is C#CCCOc1cccc(F)c1I. The van der Waals surface area contributed by atoms with E-state index in [0.717, 1.165) is 0 Å². The molecule has 0 bridgehead atoms. The van der Waals surface area contributed by atoms with Gasteiger partial charge in [0.1, 0.15) is 11.6 Å². The van der Waals surface area contributed by atoms with Crippen molar-refractivity contribution in [2.24, 2.45) is 0 Å². The van der Waals surface area contributed by atoms with Gasteiger partial charge in [-0.25, -0.2) is 4.39 Å². The molecule has 0 saturated carbocycles. The van der Waals surface area contributed by atoms with E-state index in [1.165, 1.54) is 6.07 Å². The summed E-state index contributed by atoms with van der Waals surface area (Å²) in [4.78, 5) is 0. The first-order chi connectivity index (χ1) is 6.25. The number of hydrogen-bond acceptors (Lipinski definition) is 1. The summed E-state index contributed by atoms with van der Waals surface area (Å²) in [5.41, 5.74) is 0. The maximum Gasteiger partial charge on any atom is 0.140 e. The van der Waals surface area contributed by atoms with Gasteiger partial charge in [0.25, 0.3) is 0 Å². The van der Waals surface area contributed by atoms with E-state index >= 15 is 0 Å². The summed E-state index contributed by atoms with van der Waals surface area (Å²) in [6.45, 7) is 0.427. The zero-order valence-corrected chi connectivity index (χ0v) is 9.05. The van der Waals surface area contributed by atoms with Crippen LogP contribution in [0, 0.1) is 21.7 Å². The zero-order valence-electron chi connectivity index (χ0n) is 6.89. The molecule has 0 heterocycles. The fourth-order valence-corrected chi connectivity index (χ4v) is 1.33. The Kier molecular flexibility index (Phi) is 4.03. The first kappa shape index (κ1) is 10.3. The van der Waals surface area contributed by atoms with Gasteiger partial charge in [0.2, 0.25) is 0 Å². The molecule has 13 heavy (non-hydrogen) atoms. The van der Waals surface area contributed by atoms with Crippen molar-refractivity contribution in [3.05, 3.63) is 27.6 Å². The minimum Gasteiger partial charge on any atom is -0.491 e. The minimum absolute atomic E-state index is 0.265. The largest absolute Gasteiger partial charge is 0.491 e. The van der Waals surface area contributed by atoms with E-state index in [-0.39, 0.29) is 5.82 Å². The van der Waals surface area contributed by atoms with Gasteiger partial charge in [0.05, 0.1) is 10.2 Å². The van der Waals surface area contributed by atoms with Gasteiger partial charge in [0.15, 0.2) is 0 Å². The molecule has 0 N–H and O–H groups in total. The van der Waals surface area contributed by atoms with Crippen LogP contribution in [0.3, 0.4) is 0 Å². The smallest absolute Gasteiger partial charge is 0.140 e. The van der Waals surface area contributed by atoms with Crippen molar-refractivity contribution >= 4 is 22.6 Å². The lowest BCUT2D eigenvalue weighted by atomic mass is 10.3. The molecule has 1 aromatic carbocycles. The van der Waals surface area contributed by atoms with Crippen molar-refractivity contribution in [2.75, 3.05) is 6.61 Å². The Hall–Kier alpha value is -0.760. The summed E-state index contributed by atoms with van der Waals surface area (Å²) in [6, 6.07) is 4.74. The van der Waals surface area contributed by atoms with Crippen molar-refractivity contribution in [1.29, 1.82) is 0 Å². The summed E-state index contributed by atoms with van der Waals surface area (Å²) in [7, 11) is 0. The molecule has 0 fully saturated rings. The Balaban J connectivity index is 2.67. The van der Waals surface area contributed by atoms with E-state index in [9.17, 15) is 4.39 Å². The molecule has 1 aromatic rings. The summed E-state index contributed by atoms with van der Waals surface area (Å²) in [5, 5.41) is 0. The molecule has 0 aliphatic heterocycles. The number of rotatable bonds is 3. The predicted octanol–water partition coefficient (Wildman–Crippen LogP) is 2.83. The van der Waals surface area contributed by atoms with Crippen LogP contribution in [0.5, 0.6) is 5.75 Å². The Morgan fingerprint density at radius 3 is 3.00 bits per heavy atom. The number of ether oxygens (including phenoxy) is 1. The van der Waals surface area contributed by atoms with Crippen LogP contribution in [0.15, 0.2) is 18.2 Å². The molecule has 0 aliphatic rings. The second kappa shape index (κ2) is 5.07. The molecular weight excluding hydrogens is 282 g/mol. The van der Waals surface area contributed by atoms with Crippen LogP contribution in [0.2, 0.25) is 0 Å². The Morgan fingerprint density at radius 1 is 1.54 bits per heavy atom. The fourth-order valence-electron chi connectivity index (χ4n) is 0.815. The van der Waals surface area contributed by atoms with E-state index < -0.39 is 0 Å². The molecule has 0 unspecified atom stereocenters. The van der Waals surface area contributed by atoms with Gasteiger partial charge < -0.3 is 4.74 Å². The zero-order chi connectivity index (χ0) is 9.68. The van der Waals surface area contributed by atoms with Crippen LogP contribution in [0.4, 0.5) is 4.39 Å². The first-order valence-corrected chi connectivity index (χ1v) is 4.84. The first-order valence-electron chi connectivity index (χ1n) is 3.76. The normalized spacial score (nSPS) is 9.31. The molecule has 0 atom stereocenters. The van der Waals surface area contributed by atoms with E-state index in [1.54, 1.807) is 12.1 Å². The van der Waals surface area contributed by atoms with Crippen LogP contribution in [0.1, 0.15) is 6.42 Å².